The maximum atomic E-state index is 5.80. The molecular weight excluding hydrogens is 222 g/mol. The molecule has 1 unspecified atom stereocenters. The summed E-state index contributed by atoms with van der Waals surface area (Å²) in [6.07, 6.45) is 1.73. The van der Waals surface area contributed by atoms with E-state index in [2.05, 4.69) is 10.3 Å². The first-order valence-electron chi connectivity index (χ1n) is 5.14. The Hall–Kier alpha value is -1.33. The second-order valence-electron chi connectivity index (χ2n) is 3.71. The summed E-state index contributed by atoms with van der Waals surface area (Å²) in [5.74, 6) is 1.55. The van der Waals surface area contributed by atoms with E-state index in [1.54, 1.807) is 17.5 Å². The normalized spacial score (nSPS) is 12.9. The molecule has 0 bridgehead atoms. The molecule has 4 nitrogen and oxygen atoms in total. The van der Waals surface area contributed by atoms with Crippen molar-refractivity contribution < 1.29 is 4.42 Å². The molecule has 0 aromatic carbocycles. The summed E-state index contributed by atoms with van der Waals surface area (Å²) < 4.78 is 5.44. The first-order chi connectivity index (χ1) is 7.66. The molecule has 0 saturated heterocycles. The van der Waals surface area contributed by atoms with Crippen LogP contribution in [-0.4, -0.2) is 4.98 Å². The third-order valence-electron chi connectivity index (χ3n) is 2.36. The van der Waals surface area contributed by atoms with Gasteiger partial charge in [0.1, 0.15) is 5.76 Å². The van der Waals surface area contributed by atoms with E-state index in [0.717, 1.165) is 22.9 Å². The van der Waals surface area contributed by atoms with Gasteiger partial charge in [-0.1, -0.05) is 0 Å². The average Bonchev–Trinajstić information content (AvgIpc) is 2.84. The molecule has 0 spiro atoms. The summed E-state index contributed by atoms with van der Waals surface area (Å²) in [7, 11) is 0. The van der Waals surface area contributed by atoms with Crippen molar-refractivity contribution in [1.82, 2.24) is 10.3 Å². The Morgan fingerprint density at radius 2 is 2.44 bits per heavy atom. The molecule has 0 fully saturated rings. The van der Waals surface area contributed by atoms with E-state index in [4.69, 9.17) is 10.2 Å². The zero-order valence-corrected chi connectivity index (χ0v) is 10.2. The lowest BCUT2D eigenvalue weighted by atomic mass is 10.3. The lowest BCUT2D eigenvalue weighted by Gasteiger charge is -2.09. The highest BCUT2D eigenvalue weighted by atomic mass is 32.1. The van der Waals surface area contributed by atoms with Crippen LogP contribution in [0.2, 0.25) is 0 Å². The number of anilines is 1. The van der Waals surface area contributed by atoms with Gasteiger partial charge >= 0.3 is 0 Å². The van der Waals surface area contributed by atoms with Crippen LogP contribution in [0.1, 0.15) is 29.5 Å². The summed E-state index contributed by atoms with van der Waals surface area (Å²) in [5.41, 5.74) is 6.64. The fourth-order valence-corrected chi connectivity index (χ4v) is 2.15. The number of hydrogen-bond donors (Lipinski definition) is 2. The number of nitrogens with zero attached hydrogens (tertiary/aromatic N) is 1. The van der Waals surface area contributed by atoms with Crippen LogP contribution in [0.3, 0.4) is 0 Å². The number of nitrogens with two attached hydrogens (primary N) is 1. The third-order valence-corrected chi connectivity index (χ3v) is 3.29. The lowest BCUT2D eigenvalue weighted by molar-refractivity contribution is 0.403. The second kappa shape index (κ2) is 4.67. The zero-order chi connectivity index (χ0) is 11.5. The fourth-order valence-electron chi connectivity index (χ4n) is 1.40. The van der Waals surface area contributed by atoms with Gasteiger partial charge in [0.25, 0.3) is 0 Å². The molecule has 5 heteroatoms. The molecule has 2 rings (SSSR count). The predicted octanol–water partition coefficient (Wildman–Crippen LogP) is 2.48. The van der Waals surface area contributed by atoms with Crippen LogP contribution in [0.25, 0.3) is 0 Å². The predicted molar refractivity (Wildman–Crippen MR) is 65.2 cm³/mol. The van der Waals surface area contributed by atoms with Crippen LogP contribution in [-0.2, 0) is 6.54 Å². The Morgan fingerprint density at radius 1 is 1.62 bits per heavy atom. The van der Waals surface area contributed by atoms with Gasteiger partial charge < -0.3 is 15.5 Å². The standard InChI is InChI=1S/C11H15N3OS/c1-7-5-14-11(15-7)8(2)13-6-10-9(12)3-4-16-10/h3-5,8,13H,6,12H2,1-2H3. The van der Waals surface area contributed by atoms with Crippen LogP contribution in [0.4, 0.5) is 5.69 Å². The van der Waals surface area contributed by atoms with Crippen LogP contribution in [0.5, 0.6) is 0 Å². The summed E-state index contributed by atoms with van der Waals surface area (Å²) in [4.78, 5) is 5.33. The van der Waals surface area contributed by atoms with Crippen molar-refractivity contribution in [2.24, 2.45) is 0 Å². The SMILES string of the molecule is Cc1cnc(C(C)NCc2sccc2N)o1. The molecule has 0 aliphatic rings. The number of thiophene rings is 1. The van der Waals surface area contributed by atoms with Crippen molar-refractivity contribution in [3.8, 4) is 0 Å². The number of aryl methyl sites for hydroxylation is 1. The van der Waals surface area contributed by atoms with Gasteiger partial charge in [-0.15, -0.1) is 11.3 Å². The summed E-state index contributed by atoms with van der Waals surface area (Å²) in [6.45, 7) is 4.65. The molecule has 16 heavy (non-hydrogen) atoms. The highest BCUT2D eigenvalue weighted by Gasteiger charge is 2.11. The summed E-state index contributed by atoms with van der Waals surface area (Å²) in [5, 5.41) is 5.32. The number of hydrogen-bond acceptors (Lipinski definition) is 5. The van der Waals surface area contributed by atoms with E-state index in [0.29, 0.717) is 5.89 Å². The van der Waals surface area contributed by atoms with Gasteiger partial charge in [-0.25, -0.2) is 4.98 Å². The summed E-state index contributed by atoms with van der Waals surface area (Å²) in [6, 6.07) is 2.01. The molecule has 0 aliphatic heterocycles. The van der Waals surface area contributed by atoms with Gasteiger partial charge in [-0.2, -0.15) is 0 Å². The van der Waals surface area contributed by atoms with Gasteiger partial charge in [0, 0.05) is 17.1 Å². The van der Waals surface area contributed by atoms with E-state index >= 15 is 0 Å². The Balaban J connectivity index is 1.93. The highest BCUT2D eigenvalue weighted by Crippen LogP contribution is 2.20. The van der Waals surface area contributed by atoms with E-state index in [9.17, 15) is 0 Å². The van der Waals surface area contributed by atoms with Gasteiger partial charge in [0.05, 0.1) is 12.2 Å². The average molecular weight is 237 g/mol. The van der Waals surface area contributed by atoms with E-state index in [1.807, 2.05) is 25.3 Å². The lowest BCUT2D eigenvalue weighted by Crippen LogP contribution is -2.18. The Kier molecular flexibility index (Phi) is 3.26. The topological polar surface area (TPSA) is 64.1 Å². The van der Waals surface area contributed by atoms with Crippen LogP contribution in [0, 0.1) is 6.92 Å². The number of oxazole rings is 1. The molecular formula is C11H15N3OS. The Labute approximate surface area is 98.5 Å². The molecule has 86 valence electrons. The van der Waals surface area contributed by atoms with Gasteiger partial charge in [0.15, 0.2) is 0 Å². The Bertz CT molecular complexity index is 463. The van der Waals surface area contributed by atoms with Crippen molar-refractivity contribution in [1.29, 1.82) is 0 Å². The van der Waals surface area contributed by atoms with Gasteiger partial charge in [-0.3, -0.25) is 0 Å². The van der Waals surface area contributed by atoms with Crippen LogP contribution < -0.4 is 11.1 Å². The molecule has 1 atom stereocenters. The van der Waals surface area contributed by atoms with E-state index in [1.165, 1.54) is 0 Å². The third kappa shape index (κ3) is 2.43. The molecule has 0 aliphatic carbocycles. The minimum atomic E-state index is 0.0928. The van der Waals surface area contributed by atoms with Gasteiger partial charge in [-0.05, 0) is 25.3 Å². The largest absolute Gasteiger partial charge is 0.444 e. The van der Waals surface area contributed by atoms with Crippen LogP contribution >= 0.6 is 11.3 Å². The van der Waals surface area contributed by atoms with Crippen molar-refractivity contribution in [3.63, 3.8) is 0 Å². The molecule has 0 amide bonds. The van der Waals surface area contributed by atoms with Crippen molar-refractivity contribution in [2.75, 3.05) is 5.73 Å². The van der Waals surface area contributed by atoms with Gasteiger partial charge in [0.2, 0.25) is 5.89 Å². The van der Waals surface area contributed by atoms with Crippen LogP contribution in [0.15, 0.2) is 22.1 Å². The minimum Gasteiger partial charge on any atom is -0.444 e. The van der Waals surface area contributed by atoms with Crippen molar-refractivity contribution in [3.05, 3.63) is 34.2 Å². The number of nitrogens with one attached hydrogen (secondary N) is 1. The number of nitrogen functional groups attached to an aromatic ring is 1. The molecule has 0 radical (unpaired) electrons. The first kappa shape index (κ1) is 11.2. The van der Waals surface area contributed by atoms with Crippen molar-refractivity contribution in [2.45, 2.75) is 26.4 Å². The first-order valence-corrected chi connectivity index (χ1v) is 6.02. The number of rotatable bonds is 4. The molecule has 2 heterocycles. The molecule has 3 N–H and O–H groups in total. The van der Waals surface area contributed by atoms with Crippen molar-refractivity contribution >= 4 is 17.0 Å². The Morgan fingerprint density at radius 3 is 3.00 bits per heavy atom. The highest BCUT2D eigenvalue weighted by molar-refractivity contribution is 7.10. The smallest absolute Gasteiger partial charge is 0.211 e. The second-order valence-corrected chi connectivity index (χ2v) is 4.71. The summed E-state index contributed by atoms with van der Waals surface area (Å²) >= 11 is 1.65. The monoisotopic (exact) mass is 237 g/mol. The fraction of sp³-hybridized carbons (Fsp3) is 0.364. The maximum absolute atomic E-state index is 5.80. The van der Waals surface area contributed by atoms with E-state index in [-0.39, 0.29) is 6.04 Å². The zero-order valence-electron chi connectivity index (χ0n) is 9.36. The van der Waals surface area contributed by atoms with E-state index < -0.39 is 0 Å². The minimum absolute atomic E-state index is 0.0928. The molecule has 2 aromatic rings. The number of aromatic nitrogens is 1. The quantitative estimate of drug-likeness (QED) is 0.857. The molecule has 0 saturated carbocycles. The molecule has 2 aromatic heterocycles. The maximum Gasteiger partial charge on any atom is 0.211 e.